The Kier molecular flexibility index (Phi) is 5.62. The molecule has 26 heavy (non-hydrogen) atoms. The first kappa shape index (κ1) is 17.6. The maximum absolute atomic E-state index is 12.7. The molecule has 2 saturated heterocycles. The zero-order valence-corrected chi connectivity index (χ0v) is 15.8. The van der Waals surface area contributed by atoms with Crippen molar-refractivity contribution in [3.8, 4) is 10.6 Å². The van der Waals surface area contributed by atoms with E-state index in [1.54, 1.807) is 11.3 Å². The lowest BCUT2D eigenvalue weighted by Crippen LogP contribution is -2.51. The number of ether oxygens (including phenoxy) is 1. The van der Waals surface area contributed by atoms with E-state index in [0.29, 0.717) is 13.2 Å². The van der Waals surface area contributed by atoms with Gasteiger partial charge in [-0.1, -0.05) is 30.3 Å². The molecule has 4 rings (SSSR count). The number of carbonyl (C=O) groups excluding carboxylic acids is 1. The molecule has 3 heterocycles. The zero-order valence-electron chi connectivity index (χ0n) is 15.0. The van der Waals surface area contributed by atoms with Gasteiger partial charge in [-0.05, 0) is 19.3 Å². The van der Waals surface area contributed by atoms with E-state index in [4.69, 9.17) is 9.72 Å². The Hall–Kier alpha value is -1.76. The van der Waals surface area contributed by atoms with Crippen LogP contribution in [0.15, 0.2) is 35.7 Å². The SMILES string of the molecule is O=C(C1CN(Cc2csc(-c3ccccc3)n2)CCO1)N1CCCCC1. The van der Waals surface area contributed by atoms with Gasteiger partial charge in [-0.2, -0.15) is 0 Å². The van der Waals surface area contributed by atoms with Gasteiger partial charge in [0.05, 0.1) is 12.3 Å². The highest BCUT2D eigenvalue weighted by Gasteiger charge is 2.31. The third-order valence-corrected chi connectivity index (χ3v) is 5.99. The van der Waals surface area contributed by atoms with Gasteiger partial charge < -0.3 is 9.64 Å². The van der Waals surface area contributed by atoms with Gasteiger partial charge in [0.1, 0.15) is 11.1 Å². The first-order valence-electron chi connectivity index (χ1n) is 9.42. The Morgan fingerprint density at radius 1 is 1.15 bits per heavy atom. The standard InChI is InChI=1S/C20H25N3O2S/c24-20(23-9-5-2-6-10-23)18-14-22(11-12-25-18)13-17-15-26-19(21-17)16-7-3-1-4-8-16/h1,3-4,7-8,15,18H,2,5-6,9-14H2. The van der Waals surface area contributed by atoms with Crippen molar-refractivity contribution in [1.29, 1.82) is 0 Å². The number of hydrogen-bond acceptors (Lipinski definition) is 5. The molecule has 0 bridgehead atoms. The van der Waals surface area contributed by atoms with Gasteiger partial charge in [-0.15, -0.1) is 11.3 Å². The van der Waals surface area contributed by atoms with Crippen molar-refractivity contribution >= 4 is 17.2 Å². The van der Waals surface area contributed by atoms with Crippen LogP contribution in [0, 0.1) is 0 Å². The lowest BCUT2D eigenvalue weighted by molar-refractivity contribution is -0.150. The first-order chi connectivity index (χ1) is 12.8. The third kappa shape index (κ3) is 4.14. The minimum Gasteiger partial charge on any atom is -0.366 e. The Labute approximate surface area is 158 Å². The number of thiazole rings is 1. The van der Waals surface area contributed by atoms with Crippen molar-refractivity contribution in [1.82, 2.24) is 14.8 Å². The van der Waals surface area contributed by atoms with Crippen molar-refractivity contribution in [2.24, 2.45) is 0 Å². The highest BCUT2D eigenvalue weighted by molar-refractivity contribution is 7.13. The summed E-state index contributed by atoms with van der Waals surface area (Å²) < 4.78 is 5.78. The quantitative estimate of drug-likeness (QED) is 0.829. The molecule has 0 saturated carbocycles. The summed E-state index contributed by atoms with van der Waals surface area (Å²) in [6.07, 6.45) is 3.13. The summed E-state index contributed by atoms with van der Waals surface area (Å²) in [4.78, 5) is 21.7. The number of benzene rings is 1. The number of amides is 1. The van der Waals surface area contributed by atoms with E-state index >= 15 is 0 Å². The fourth-order valence-corrected chi connectivity index (χ4v) is 4.45. The second-order valence-corrected chi connectivity index (χ2v) is 7.85. The molecule has 2 aliphatic heterocycles. The normalized spacial score (nSPS) is 21.7. The van der Waals surface area contributed by atoms with Crippen molar-refractivity contribution in [2.75, 3.05) is 32.8 Å². The molecule has 6 heteroatoms. The van der Waals surface area contributed by atoms with E-state index in [0.717, 1.165) is 55.3 Å². The summed E-state index contributed by atoms with van der Waals surface area (Å²) in [5.41, 5.74) is 2.23. The third-order valence-electron chi connectivity index (χ3n) is 5.05. The van der Waals surface area contributed by atoms with Crippen LogP contribution in [0.2, 0.25) is 0 Å². The van der Waals surface area contributed by atoms with Gasteiger partial charge in [-0.3, -0.25) is 9.69 Å². The number of nitrogens with zero attached hydrogens (tertiary/aromatic N) is 3. The fraction of sp³-hybridized carbons (Fsp3) is 0.500. The summed E-state index contributed by atoms with van der Waals surface area (Å²) in [6, 6.07) is 10.3. The van der Waals surface area contributed by atoms with Crippen molar-refractivity contribution in [2.45, 2.75) is 31.9 Å². The minimum absolute atomic E-state index is 0.164. The topological polar surface area (TPSA) is 45.7 Å². The molecule has 0 radical (unpaired) electrons. The van der Waals surface area contributed by atoms with Gasteiger partial charge in [0.25, 0.3) is 5.91 Å². The Morgan fingerprint density at radius 2 is 1.96 bits per heavy atom. The fourth-order valence-electron chi connectivity index (χ4n) is 3.64. The largest absolute Gasteiger partial charge is 0.366 e. The maximum atomic E-state index is 12.7. The Morgan fingerprint density at radius 3 is 2.77 bits per heavy atom. The molecule has 2 aromatic rings. The zero-order chi connectivity index (χ0) is 17.8. The van der Waals surface area contributed by atoms with Gasteiger partial charge in [0.2, 0.25) is 0 Å². The van der Waals surface area contributed by atoms with Gasteiger partial charge in [0.15, 0.2) is 0 Å². The molecule has 0 spiro atoms. The molecule has 2 aliphatic rings. The molecule has 1 amide bonds. The van der Waals surface area contributed by atoms with Gasteiger partial charge in [0, 0.05) is 43.7 Å². The molecule has 0 N–H and O–H groups in total. The van der Waals surface area contributed by atoms with Gasteiger partial charge >= 0.3 is 0 Å². The molecule has 0 aliphatic carbocycles. The van der Waals surface area contributed by atoms with E-state index in [9.17, 15) is 4.79 Å². The van der Waals surface area contributed by atoms with Crippen LogP contribution in [-0.2, 0) is 16.1 Å². The number of carbonyl (C=O) groups is 1. The number of morpholine rings is 1. The number of aromatic nitrogens is 1. The predicted molar refractivity (Wildman–Crippen MR) is 103 cm³/mol. The van der Waals surface area contributed by atoms with Crippen molar-refractivity contribution < 1.29 is 9.53 Å². The van der Waals surface area contributed by atoms with Crippen LogP contribution in [0.5, 0.6) is 0 Å². The average molecular weight is 372 g/mol. The maximum Gasteiger partial charge on any atom is 0.253 e. The summed E-state index contributed by atoms with van der Waals surface area (Å²) >= 11 is 1.68. The van der Waals surface area contributed by atoms with Crippen molar-refractivity contribution in [3.05, 3.63) is 41.4 Å². The second kappa shape index (κ2) is 8.29. The second-order valence-electron chi connectivity index (χ2n) is 6.99. The molecule has 1 atom stereocenters. The Bertz CT molecular complexity index is 728. The molecule has 1 aromatic carbocycles. The molecule has 138 valence electrons. The summed E-state index contributed by atoms with van der Waals surface area (Å²) in [5.74, 6) is 0.164. The van der Waals surface area contributed by atoms with Crippen LogP contribution >= 0.6 is 11.3 Å². The lowest BCUT2D eigenvalue weighted by Gasteiger charge is -2.36. The van der Waals surface area contributed by atoms with Crippen LogP contribution < -0.4 is 0 Å². The summed E-state index contributed by atoms with van der Waals surface area (Å²) in [6.45, 7) is 4.66. The molecular formula is C20H25N3O2S. The molecule has 1 aromatic heterocycles. The van der Waals surface area contributed by atoms with Gasteiger partial charge in [-0.25, -0.2) is 4.98 Å². The van der Waals surface area contributed by atoms with E-state index in [1.165, 1.54) is 6.42 Å². The van der Waals surface area contributed by atoms with Crippen LogP contribution in [0.4, 0.5) is 0 Å². The molecule has 1 unspecified atom stereocenters. The van der Waals surface area contributed by atoms with E-state index in [1.807, 2.05) is 23.1 Å². The average Bonchev–Trinajstić information content (AvgIpc) is 3.17. The molecular weight excluding hydrogens is 346 g/mol. The molecule has 5 nitrogen and oxygen atoms in total. The highest BCUT2D eigenvalue weighted by atomic mass is 32.1. The van der Waals surface area contributed by atoms with E-state index in [-0.39, 0.29) is 12.0 Å². The molecule has 2 fully saturated rings. The monoisotopic (exact) mass is 371 g/mol. The van der Waals surface area contributed by atoms with Crippen LogP contribution in [0.3, 0.4) is 0 Å². The minimum atomic E-state index is -0.325. The van der Waals surface area contributed by atoms with E-state index < -0.39 is 0 Å². The van der Waals surface area contributed by atoms with Crippen LogP contribution in [0.1, 0.15) is 25.0 Å². The van der Waals surface area contributed by atoms with E-state index in [2.05, 4.69) is 22.4 Å². The highest BCUT2D eigenvalue weighted by Crippen LogP contribution is 2.24. The number of likely N-dealkylation sites (tertiary alicyclic amines) is 1. The number of piperidine rings is 1. The van der Waals surface area contributed by atoms with Crippen molar-refractivity contribution in [3.63, 3.8) is 0 Å². The number of rotatable bonds is 4. The first-order valence-corrected chi connectivity index (χ1v) is 10.3. The lowest BCUT2D eigenvalue weighted by atomic mass is 10.1. The predicted octanol–water partition coefficient (Wildman–Crippen LogP) is 3.02. The number of hydrogen-bond donors (Lipinski definition) is 0. The smallest absolute Gasteiger partial charge is 0.253 e. The summed E-state index contributed by atoms with van der Waals surface area (Å²) in [5, 5.41) is 3.18. The Balaban J connectivity index is 1.36. The van der Waals surface area contributed by atoms with Crippen LogP contribution in [0.25, 0.3) is 10.6 Å². The summed E-state index contributed by atoms with van der Waals surface area (Å²) in [7, 11) is 0. The van der Waals surface area contributed by atoms with Crippen LogP contribution in [-0.4, -0.2) is 59.6 Å².